The Hall–Kier alpha value is -2.25. The number of aryl methyl sites for hydroxylation is 1. The molecular formula is C16H13FN2O2S2. The number of thiazole rings is 1. The van der Waals surface area contributed by atoms with E-state index in [0.717, 1.165) is 22.3 Å². The maximum absolute atomic E-state index is 13.6. The number of nitrogens with zero attached hydrogens (tertiary/aromatic N) is 1. The van der Waals surface area contributed by atoms with Crippen LogP contribution >= 0.6 is 11.3 Å². The van der Waals surface area contributed by atoms with Crippen LogP contribution in [0.25, 0.3) is 11.3 Å². The zero-order chi connectivity index (χ0) is 16.4. The lowest BCUT2D eigenvalue weighted by Crippen LogP contribution is -2.14. The second-order valence-corrected chi connectivity index (χ2v) is 7.58. The standard InChI is InChI=1S/C16H13FN2O2S2/c1-11-18-15(10-22-11)12-6-8-13(9-7-12)19-23(20,21)16-5-3-2-4-14(16)17/h2-10,19H,1H3. The summed E-state index contributed by atoms with van der Waals surface area (Å²) in [5.41, 5.74) is 2.10. The number of anilines is 1. The minimum atomic E-state index is -3.96. The molecule has 0 spiro atoms. The van der Waals surface area contributed by atoms with Gasteiger partial charge in [-0.3, -0.25) is 4.72 Å². The third-order valence-corrected chi connectivity index (χ3v) is 5.37. The molecule has 0 aliphatic heterocycles. The molecule has 118 valence electrons. The third-order valence-electron chi connectivity index (χ3n) is 3.18. The Kier molecular flexibility index (Phi) is 4.14. The fourth-order valence-corrected chi connectivity index (χ4v) is 3.84. The van der Waals surface area contributed by atoms with Crippen molar-refractivity contribution in [3.63, 3.8) is 0 Å². The number of rotatable bonds is 4. The smallest absolute Gasteiger partial charge is 0.264 e. The molecule has 0 saturated carbocycles. The first kappa shape index (κ1) is 15.6. The van der Waals surface area contributed by atoms with Crippen LogP contribution in [0.3, 0.4) is 0 Å². The fourth-order valence-electron chi connectivity index (χ4n) is 2.08. The molecule has 0 unspecified atom stereocenters. The van der Waals surface area contributed by atoms with Crippen molar-refractivity contribution < 1.29 is 12.8 Å². The van der Waals surface area contributed by atoms with Crippen molar-refractivity contribution in [3.05, 3.63) is 64.7 Å². The molecule has 0 amide bonds. The molecule has 7 heteroatoms. The zero-order valence-electron chi connectivity index (χ0n) is 12.2. The van der Waals surface area contributed by atoms with E-state index in [4.69, 9.17) is 0 Å². The van der Waals surface area contributed by atoms with Crippen LogP contribution in [0.4, 0.5) is 10.1 Å². The lowest BCUT2D eigenvalue weighted by Gasteiger charge is -2.09. The number of hydrogen-bond donors (Lipinski definition) is 1. The molecule has 0 atom stereocenters. The Bertz CT molecular complexity index is 935. The van der Waals surface area contributed by atoms with Gasteiger partial charge in [0.1, 0.15) is 10.7 Å². The first-order valence-electron chi connectivity index (χ1n) is 6.75. The van der Waals surface area contributed by atoms with Crippen LogP contribution in [0.15, 0.2) is 58.8 Å². The molecule has 2 aromatic carbocycles. The third kappa shape index (κ3) is 3.40. The molecular weight excluding hydrogens is 335 g/mol. The zero-order valence-corrected chi connectivity index (χ0v) is 13.8. The first-order chi connectivity index (χ1) is 11.0. The van der Waals surface area contributed by atoms with Gasteiger partial charge in [-0.15, -0.1) is 11.3 Å². The highest BCUT2D eigenvalue weighted by Gasteiger charge is 2.18. The van der Waals surface area contributed by atoms with Gasteiger partial charge in [0.25, 0.3) is 10.0 Å². The maximum Gasteiger partial charge on any atom is 0.264 e. The van der Waals surface area contributed by atoms with Crippen molar-refractivity contribution in [2.75, 3.05) is 4.72 Å². The Morgan fingerprint density at radius 2 is 1.78 bits per heavy atom. The van der Waals surface area contributed by atoms with Crippen molar-refractivity contribution in [1.29, 1.82) is 0 Å². The monoisotopic (exact) mass is 348 g/mol. The molecule has 3 rings (SSSR count). The highest BCUT2D eigenvalue weighted by Crippen LogP contribution is 2.24. The SMILES string of the molecule is Cc1nc(-c2ccc(NS(=O)(=O)c3ccccc3F)cc2)cs1. The number of benzene rings is 2. The molecule has 1 heterocycles. The van der Waals surface area contributed by atoms with E-state index in [1.807, 2.05) is 12.3 Å². The van der Waals surface area contributed by atoms with Gasteiger partial charge in [-0.1, -0.05) is 24.3 Å². The Labute approximate surface area is 137 Å². The van der Waals surface area contributed by atoms with Gasteiger partial charge in [0, 0.05) is 16.6 Å². The summed E-state index contributed by atoms with van der Waals surface area (Å²) < 4.78 is 40.5. The average Bonchev–Trinajstić information content (AvgIpc) is 2.94. The van der Waals surface area contributed by atoms with Gasteiger partial charge in [0.05, 0.1) is 10.7 Å². The number of hydrogen-bond acceptors (Lipinski definition) is 4. The Morgan fingerprint density at radius 1 is 1.09 bits per heavy atom. The normalized spacial score (nSPS) is 11.4. The van der Waals surface area contributed by atoms with Crippen molar-refractivity contribution >= 4 is 27.0 Å². The largest absolute Gasteiger partial charge is 0.280 e. The quantitative estimate of drug-likeness (QED) is 0.773. The van der Waals surface area contributed by atoms with Crippen LogP contribution in [-0.2, 0) is 10.0 Å². The predicted molar refractivity (Wildman–Crippen MR) is 89.5 cm³/mol. The lowest BCUT2D eigenvalue weighted by atomic mass is 10.1. The molecule has 1 N–H and O–H groups in total. The molecule has 23 heavy (non-hydrogen) atoms. The van der Waals surface area contributed by atoms with Crippen LogP contribution < -0.4 is 4.72 Å². The second-order valence-electron chi connectivity index (χ2n) is 4.87. The van der Waals surface area contributed by atoms with Gasteiger partial charge >= 0.3 is 0 Å². The molecule has 0 aliphatic rings. The molecule has 1 aromatic heterocycles. The van der Waals surface area contributed by atoms with E-state index in [2.05, 4.69) is 9.71 Å². The van der Waals surface area contributed by atoms with Crippen molar-refractivity contribution in [1.82, 2.24) is 4.98 Å². The lowest BCUT2D eigenvalue weighted by molar-refractivity contribution is 0.570. The minimum Gasteiger partial charge on any atom is -0.280 e. The van der Waals surface area contributed by atoms with E-state index in [-0.39, 0.29) is 4.90 Å². The second kappa shape index (κ2) is 6.10. The van der Waals surface area contributed by atoms with Gasteiger partial charge in [-0.25, -0.2) is 17.8 Å². The van der Waals surface area contributed by atoms with E-state index in [1.54, 1.807) is 35.6 Å². The fraction of sp³-hybridized carbons (Fsp3) is 0.0625. The molecule has 0 aliphatic carbocycles. The molecule has 0 saturated heterocycles. The van der Waals surface area contributed by atoms with Crippen molar-refractivity contribution in [2.45, 2.75) is 11.8 Å². The molecule has 4 nitrogen and oxygen atoms in total. The highest BCUT2D eigenvalue weighted by atomic mass is 32.2. The summed E-state index contributed by atoms with van der Waals surface area (Å²) >= 11 is 1.55. The van der Waals surface area contributed by atoms with E-state index in [0.29, 0.717) is 5.69 Å². The van der Waals surface area contributed by atoms with Gasteiger partial charge in [-0.2, -0.15) is 0 Å². The number of aromatic nitrogens is 1. The van der Waals surface area contributed by atoms with E-state index in [1.165, 1.54) is 18.2 Å². The van der Waals surface area contributed by atoms with Crippen molar-refractivity contribution in [3.8, 4) is 11.3 Å². The van der Waals surface area contributed by atoms with E-state index >= 15 is 0 Å². The van der Waals surface area contributed by atoms with Crippen LogP contribution in [0.1, 0.15) is 5.01 Å². The summed E-state index contributed by atoms with van der Waals surface area (Å²) in [7, 11) is -3.96. The molecule has 0 fully saturated rings. The highest BCUT2D eigenvalue weighted by molar-refractivity contribution is 7.92. The maximum atomic E-state index is 13.6. The minimum absolute atomic E-state index is 0.365. The Morgan fingerprint density at radius 3 is 2.39 bits per heavy atom. The van der Waals surface area contributed by atoms with Crippen LogP contribution in [0.5, 0.6) is 0 Å². The first-order valence-corrected chi connectivity index (χ1v) is 9.12. The van der Waals surface area contributed by atoms with Crippen LogP contribution in [0.2, 0.25) is 0 Å². The van der Waals surface area contributed by atoms with Gasteiger partial charge in [0.2, 0.25) is 0 Å². The van der Waals surface area contributed by atoms with Gasteiger partial charge < -0.3 is 0 Å². The van der Waals surface area contributed by atoms with E-state index in [9.17, 15) is 12.8 Å². The summed E-state index contributed by atoms with van der Waals surface area (Å²) in [5.74, 6) is -0.783. The van der Waals surface area contributed by atoms with Crippen LogP contribution in [0, 0.1) is 12.7 Å². The summed E-state index contributed by atoms with van der Waals surface area (Å²) in [6, 6.07) is 12.1. The molecule has 3 aromatic rings. The summed E-state index contributed by atoms with van der Waals surface area (Å²) in [6.07, 6.45) is 0. The van der Waals surface area contributed by atoms with Crippen molar-refractivity contribution in [2.24, 2.45) is 0 Å². The molecule has 0 radical (unpaired) electrons. The molecule has 0 bridgehead atoms. The Balaban J connectivity index is 1.85. The number of nitrogens with one attached hydrogen (secondary N) is 1. The number of sulfonamides is 1. The number of halogens is 1. The van der Waals surface area contributed by atoms with E-state index < -0.39 is 15.8 Å². The van der Waals surface area contributed by atoms with Gasteiger partial charge in [-0.05, 0) is 31.2 Å². The summed E-state index contributed by atoms with van der Waals surface area (Å²) in [4.78, 5) is 4.00. The predicted octanol–water partition coefficient (Wildman–Crippen LogP) is 4.06. The average molecular weight is 348 g/mol. The summed E-state index contributed by atoms with van der Waals surface area (Å²) in [6.45, 7) is 1.92. The van der Waals surface area contributed by atoms with Gasteiger partial charge in [0.15, 0.2) is 0 Å². The van der Waals surface area contributed by atoms with Crippen LogP contribution in [-0.4, -0.2) is 13.4 Å². The topological polar surface area (TPSA) is 59.1 Å². The summed E-state index contributed by atoms with van der Waals surface area (Å²) in [5, 5.41) is 2.90.